The Morgan fingerprint density at radius 1 is 1.53 bits per heavy atom. The summed E-state index contributed by atoms with van der Waals surface area (Å²) < 4.78 is 5.52. The van der Waals surface area contributed by atoms with Gasteiger partial charge in [-0.1, -0.05) is 0 Å². The number of nitrogens with zero attached hydrogens (tertiary/aromatic N) is 1. The molecule has 0 saturated heterocycles. The molecular formula is C13H17N3O2S. The highest BCUT2D eigenvalue weighted by Crippen LogP contribution is 2.29. The lowest BCUT2D eigenvalue weighted by Crippen LogP contribution is -2.37. The maximum absolute atomic E-state index is 12.1. The first-order valence-corrected chi connectivity index (χ1v) is 6.88. The van der Waals surface area contributed by atoms with Gasteiger partial charge in [0.2, 0.25) is 0 Å². The van der Waals surface area contributed by atoms with Crippen molar-refractivity contribution in [3.05, 3.63) is 28.5 Å². The number of hydrogen-bond acceptors (Lipinski definition) is 5. The van der Waals surface area contributed by atoms with E-state index < -0.39 is 0 Å². The van der Waals surface area contributed by atoms with E-state index in [1.54, 1.807) is 0 Å². The van der Waals surface area contributed by atoms with Crippen molar-refractivity contribution in [2.75, 3.05) is 6.54 Å². The molecule has 5 nitrogen and oxygen atoms in total. The van der Waals surface area contributed by atoms with Gasteiger partial charge in [0.1, 0.15) is 10.6 Å². The van der Waals surface area contributed by atoms with Crippen molar-refractivity contribution in [2.45, 2.75) is 26.8 Å². The summed E-state index contributed by atoms with van der Waals surface area (Å²) in [6.45, 7) is 5.97. The van der Waals surface area contributed by atoms with Crippen molar-refractivity contribution in [2.24, 2.45) is 5.73 Å². The minimum Gasteiger partial charge on any atom is -0.459 e. The van der Waals surface area contributed by atoms with Gasteiger partial charge < -0.3 is 15.5 Å². The highest BCUT2D eigenvalue weighted by molar-refractivity contribution is 7.17. The molecule has 0 aliphatic rings. The van der Waals surface area contributed by atoms with Gasteiger partial charge >= 0.3 is 0 Å². The number of amides is 1. The molecule has 2 aromatic heterocycles. The lowest BCUT2D eigenvalue weighted by atomic mass is 10.3. The van der Waals surface area contributed by atoms with Crippen LogP contribution in [0.5, 0.6) is 0 Å². The number of aryl methyl sites for hydroxylation is 2. The van der Waals surface area contributed by atoms with Crippen LogP contribution in [0.15, 0.2) is 16.5 Å². The van der Waals surface area contributed by atoms with Crippen LogP contribution in [-0.2, 0) is 0 Å². The molecule has 3 N–H and O–H groups in total. The van der Waals surface area contributed by atoms with Gasteiger partial charge in [-0.05, 0) is 32.9 Å². The number of aromatic nitrogens is 1. The molecule has 0 saturated carbocycles. The van der Waals surface area contributed by atoms with Crippen molar-refractivity contribution in [1.29, 1.82) is 0 Å². The van der Waals surface area contributed by atoms with Crippen molar-refractivity contribution in [3.8, 4) is 10.8 Å². The van der Waals surface area contributed by atoms with Gasteiger partial charge in [-0.2, -0.15) is 0 Å². The zero-order valence-corrected chi connectivity index (χ0v) is 12.0. The predicted molar refractivity (Wildman–Crippen MR) is 75.3 cm³/mol. The number of hydrogen-bond donors (Lipinski definition) is 2. The van der Waals surface area contributed by atoms with E-state index in [1.807, 2.05) is 32.9 Å². The molecule has 0 fully saturated rings. The lowest BCUT2D eigenvalue weighted by Gasteiger charge is -2.09. The molecule has 2 rings (SSSR count). The van der Waals surface area contributed by atoms with Crippen LogP contribution in [0.1, 0.15) is 28.0 Å². The molecule has 19 heavy (non-hydrogen) atoms. The Bertz CT molecular complexity index is 588. The average Bonchev–Trinajstić information content (AvgIpc) is 2.95. The van der Waals surface area contributed by atoms with E-state index in [4.69, 9.17) is 10.2 Å². The summed E-state index contributed by atoms with van der Waals surface area (Å²) in [5, 5.41) is 3.55. The molecule has 0 aliphatic heterocycles. The van der Waals surface area contributed by atoms with Gasteiger partial charge in [0.25, 0.3) is 5.91 Å². The van der Waals surface area contributed by atoms with E-state index in [9.17, 15) is 4.79 Å². The Hall–Kier alpha value is -1.66. The molecule has 1 amide bonds. The van der Waals surface area contributed by atoms with Crippen LogP contribution in [0.4, 0.5) is 0 Å². The van der Waals surface area contributed by atoms with Crippen LogP contribution < -0.4 is 11.1 Å². The number of thiazole rings is 1. The first-order chi connectivity index (χ1) is 9.01. The van der Waals surface area contributed by atoms with Crippen LogP contribution in [0, 0.1) is 13.8 Å². The number of rotatable bonds is 4. The first-order valence-electron chi connectivity index (χ1n) is 6.06. The largest absolute Gasteiger partial charge is 0.459 e. The van der Waals surface area contributed by atoms with Gasteiger partial charge in [-0.25, -0.2) is 4.98 Å². The number of nitrogens with two attached hydrogens (primary N) is 1. The quantitative estimate of drug-likeness (QED) is 0.898. The Morgan fingerprint density at radius 3 is 2.84 bits per heavy atom. The number of nitrogens with one attached hydrogen (secondary N) is 1. The second kappa shape index (κ2) is 5.54. The van der Waals surface area contributed by atoms with Crippen molar-refractivity contribution >= 4 is 17.2 Å². The molecule has 0 radical (unpaired) electrons. The van der Waals surface area contributed by atoms with Gasteiger partial charge in [0.15, 0.2) is 10.8 Å². The Labute approximate surface area is 115 Å². The average molecular weight is 279 g/mol. The SMILES string of the molecule is Cc1ccc(-c2nc(C)c(C(=O)N[C@@H](C)CN)s2)o1. The second-order valence-corrected chi connectivity index (χ2v) is 5.45. The molecule has 6 heteroatoms. The van der Waals surface area contributed by atoms with E-state index in [0.717, 1.165) is 10.8 Å². The molecule has 0 bridgehead atoms. The summed E-state index contributed by atoms with van der Waals surface area (Å²) >= 11 is 1.33. The van der Waals surface area contributed by atoms with Crippen LogP contribution >= 0.6 is 11.3 Å². The second-order valence-electron chi connectivity index (χ2n) is 4.45. The van der Waals surface area contributed by atoms with Gasteiger partial charge in [-0.15, -0.1) is 11.3 Å². The lowest BCUT2D eigenvalue weighted by molar-refractivity contribution is 0.0944. The third kappa shape index (κ3) is 3.02. The number of carbonyl (C=O) groups is 1. The maximum atomic E-state index is 12.1. The van der Waals surface area contributed by atoms with Crippen LogP contribution in [0.3, 0.4) is 0 Å². The zero-order valence-electron chi connectivity index (χ0n) is 11.2. The van der Waals surface area contributed by atoms with Crippen molar-refractivity contribution in [1.82, 2.24) is 10.3 Å². The third-order valence-corrected chi connectivity index (χ3v) is 3.86. The smallest absolute Gasteiger partial charge is 0.263 e. The van der Waals surface area contributed by atoms with Crippen molar-refractivity contribution < 1.29 is 9.21 Å². The van der Waals surface area contributed by atoms with E-state index in [0.29, 0.717) is 22.9 Å². The summed E-state index contributed by atoms with van der Waals surface area (Å²) in [6.07, 6.45) is 0. The summed E-state index contributed by atoms with van der Waals surface area (Å²) in [7, 11) is 0. The summed E-state index contributed by atoms with van der Waals surface area (Å²) in [6, 6.07) is 3.68. The molecule has 0 aromatic carbocycles. The fourth-order valence-corrected chi connectivity index (χ4v) is 2.54. The van der Waals surface area contributed by atoms with E-state index in [2.05, 4.69) is 10.3 Å². The molecule has 2 heterocycles. The fourth-order valence-electron chi connectivity index (χ4n) is 1.61. The number of furan rings is 1. The van der Waals surface area contributed by atoms with Gasteiger partial charge in [0, 0.05) is 12.6 Å². The van der Waals surface area contributed by atoms with Gasteiger partial charge in [0.05, 0.1) is 5.69 Å². The van der Waals surface area contributed by atoms with E-state index >= 15 is 0 Å². The zero-order chi connectivity index (χ0) is 14.0. The first kappa shape index (κ1) is 13.8. The fraction of sp³-hybridized carbons (Fsp3) is 0.385. The Morgan fingerprint density at radius 2 is 2.26 bits per heavy atom. The predicted octanol–water partition coefficient (Wildman–Crippen LogP) is 2.10. The standard InChI is InChI=1S/C13H17N3O2S/c1-7(6-14)15-12(17)11-9(3)16-13(19-11)10-5-4-8(2)18-10/h4-5,7H,6,14H2,1-3H3,(H,15,17)/t7-/m0/s1. The highest BCUT2D eigenvalue weighted by atomic mass is 32.1. The molecule has 102 valence electrons. The minimum atomic E-state index is -0.137. The Kier molecular flexibility index (Phi) is 4.01. The van der Waals surface area contributed by atoms with Crippen LogP contribution in [-0.4, -0.2) is 23.5 Å². The molecule has 1 atom stereocenters. The molecular weight excluding hydrogens is 262 g/mol. The summed E-state index contributed by atoms with van der Waals surface area (Å²) in [5.74, 6) is 1.38. The molecule has 0 unspecified atom stereocenters. The van der Waals surface area contributed by atoms with E-state index in [-0.39, 0.29) is 11.9 Å². The Balaban J connectivity index is 2.24. The maximum Gasteiger partial charge on any atom is 0.263 e. The minimum absolute atomic E-state index is 0.0525. The molecule has 0 spiro atoms. The molecule has 0 aliphatic carbocycles. The highest BCUT2D eigenvalue weighted by Gasteiger charge is 2.18. The third-order valence-electron chi connectivity index (χ3n) is 2.69. The normalized spacial score (nSPS) is 12.4. The number of carbonyl (C=O) groups excluding carboxylic acids is 1. The van der Waals surface area contributed by atoms with Gasteiger partial charge in [-0.3, -0.25) is 4.79 Å². The van der Waals surface area contributed by atoms with E-state index in [1.165, 1.54) is 11.3 Å². The molecule has 2 aromatic rings. The topological polar surface area (TPSA) is 81.2 Å². The van der Waals surface area contributed by atoms with Crippen molar-refractivity contribution in [3.63, 3.8) is 0 Å². The van der Waals surface area contributed by atoms with Crippen LogP contribution in [0.25, 0.3) is 10.8 Å². The monoisotopic (exact) mass is 279 g/mol. The van der Waals surface area contributed by atoms with Crippen LogP contribution in [0.2, 0.25) is 0 Å². The summed E-state index contributed by atoms with van der Waals surface area (Å²) in [5.41, 5.74) is 6.20. The summed E-state index contributed by atoms with van der Waals surface area (Å²) in [4.78, 5) is 17.0.